The number of aliphatic hydroxyl groups is 1. The van der Waals surface area contributed by atoms with Crippen molar-refractivity contribution >= 4 is 27.5 Å². The van der Waals surface area contributed by atoms with Gasteiger partial charge in [0.1, 0.15) is 6.61 Å². The number of hydrogen-bond donors (Lipinski definition) is 1. The molecule has 5 rings (SSSR count). The molecule has 3 aromatic carbocycles. The van der Waals surface area contributed by atoms with Gasteiger partial charge in [0.05, 0.1) is 10.8 Å². The van der Waals surface area contributed by atoms with Gasteiger partial charge in [0.25, 0.3) is 0 Å². The van der Waals surface area contributed by atoms with E-state index in [1.807, 2.05) is 0 Å². The Balaban J connectivity index is 1.66. The highest BCUT2D eigenvalue weighted by molar-refractivity contribution is 6.07. The van der Waals surface area contributed by atoms with Crippen LogP contribution in [0.2, 0.25) is 0 Å². The zero-order valence-electron chi connectivity index (χ0n) is 17.5. The summed E-state index contributed by atoms with van der Waals surface area (Å²) in [6.45, 7) is 5.09. The molecule has 1 fully saturated rings. The van der Waals surface area contributed by atoms with Crippen molar-refractivity contribution in [2.45, 2.75) is 6.54 Å². The fraction of sp³-hybridized carbons (Fsp3) is 0.269. The third-order valence-electron chi connectivity index (χ3n) is 6.28. The number of fused-ring (bicyclic) bond motifs is 2. The first-order chi connectivity index (χ1) is 14.8. The van der Waals surface area contributed by atoms with Gasteiger partial charge in [-0.05, 0) is 36.9 Å². The highest BCUT2D eigenvalue weighted by atomic mass is 16.3. The molecule has 1 aliphatic rings. The fourth-order valence-electron chi connectivity index (χ4n) is 4.67. The van der Waals surface area contributed by atoms with Gasteiger partial charge in [-0.1, -0.05) is 36.4 Å². The summed E-state index contributed by atoms with van der Waals surface area (Å²) in [5.41, 5.74) is 6.11. The maximum atomic E-state index is 9.67. The van der Waals surface area contributed by atoms with Crippen molar-refractivity contribution in [1.82, 2.24) is 4.90 Å². The second-order valence-electron chi connectivity index (χ2n) is 8.12. The van der Waals surface area contributed by atoms with E-state index in [9.17, 15) is 5.11 Å². The molecule has 0 saturated carbocycles. The molecule has 0 atom stereocenters. The van der Waals surface area contributed by atoms with Crippen LogP contribution < -0.4 is 9.47 Å². The van der Waals surface area contributed by atoms with E-state index >= 15 is 0 Å². The minimum atomic E-state index is 0.123. The lowest BCUT2D eigenvalue weighted by Crippen LogP contribution is -2.44. The number of pyridine rings is 1. The normalized spacial score (nSPS) is 15.2. The van der Waals surface area contributed by atoms with Gasteiger partial charge in [-0.25, -0.2) is 0 Å². The summed E-state index contributed by atoms with van der Waals surface area (Å²) in [7, 11) is 2.19. The van der Waals surface area contributed by atoms with E-state index in [1.54, 1.807) is 0 Å². The predicted octanol–water partition coefficient (Wildman–Crippen LogP) is 3.69. The molecule has 152 valence electrons. The van der Waals surface area contributed by atoms with Gasteiger partial charge >= 0.3 is 0 Å². The number of aliphatic hydroxyl groups excluding tert-OH is 1. The molecule has 0 radical (unpaired) electrons. The van der Waals surface area contributed by atoms with E-state index in [-0.39, 0.29) is 6.61 Å². The Morgan fingerprint density at radius 2 is 1.33 bits per heavy atom. The number of nitrogens with zero attached hydrogens (tertiary/aromatic N) is 3. The lowest BCUT2D eigenvalue weighted by molar-refractivity contribution is -0.646. The number of likely N-dealkylation sites (N-methyl/N-ethyl adjacent to an activating group) is 1. The first-order valence-electron chi connectivity index (χ1n) is 10.7. The van der Waals surface area contributed by atoms with Crippen LogP contribution in [0, 0.1) is 0 Å². The summed E-state index contributed by atoms with van der Waals surface area (Å²) in [5, 5.41) is 12.1. The van der Waals surface area contributed by atoms with Gasteiger partial charge < -0.3 is 14.9 Å². The third-order valence-corrected chi connectivity index (χ3v) is 6.28. The molecule has 1 aliphatic heterocycles. The van der Waals surface area contributed by atoms with Crippen LogP contribution >= 0.6 is 0 Å². The highest BCUT2D eigenvalue weighted by Gasteiger charge is 2.21. The van der Waals surface area contributed by atoms with Gasteiger partial charge in [0, 0.05) is 49.6 Å². The summed E-state index contributed by atoms with van der Waals surface area (Å²) < 4.78 is 2.23. The number of benzene rings is 3. The van der Waals surface area contributed by atoms with Crippen molar-refractivity contribution in [3.63, 3.8) is 0 Å². The lowest BCUT2D eigenvalue weighted by Gasteiger charge is -2.34. The predicted molar refractivity (Wildman–Crippen MR) is 124 cm³/mol. The smallest absolute Gasteiger partial charge is 0.213 e. The van der Waals surface area contributed by atoms with E-state index in [2.05, 4.69) is 94.2 Å². The molecule has 0 unspecified atom stereocenters. The Morgan fingerprint density at radius 3 is 1.90 bits per heavy atom. The van der Waals surface area contributed by atoms with Crippen LogP contribution in [0.5, 0.6) is 0 Å². The molecule has 30 heavy (non-hydrogen) atoms. The fourth-order valence-corrected chi connectivity index (χ4v) is 4.67. The zero-order valence-corrected chi connectivity index (χ0v) is 17.5. The lowest BCUT2D eigenvalue weighted by atomic mass is 9.95. The Kier molecular flexibility index (Phi) is 5.11. The first kappa shape index (κ1) is 19.0. The summed E-state index contributed by atoms with van der Waals surface area (Å²) >= 11 is 0. The molecule has 0 bridgehead atoms. The largest absolute Gasteiger partial charge is 0.390 e. The SMILES string of the molecule is CN1CCN(c2ccc(-c3c4ccccc4[n+](CCO)c4ccccc34)cc2)CC1. The molecule has 4 nitrogen and oxygen atoms in total. The molecule has 1 N–H and O–H groups in total. The summed E-state index contributed by atoms with van der Waals surface area (Å²) in [6, 6.07) is 26.1. The molecule has 1 aromatic heterocycles. The number of rotatable bonds is 4. The van der Waals surface area contributed by atoms with Crippen molar-refractivity contribution in [2.75, 3.05) is 44.7 Å². The van der Waals surface area contributed by atoms with E-state index in [0.717, 1.165) is 37.2 Å². The molecule has 1 saturated heterocycles. The van der Waals surface area contributed by atoms with Gasteiger partial charge in [-0.15, -0.1) is 0 Å². The minimum Gasteiger partial charge on any atom is -0.390 e. The molecule has 0 aliphatic carbocycles. The number of piperazine rings is 1. The van der Waals surface area contributed by atoms with Gasteiger partial charge in [-0.3, -0.25) is 0 Å². The first-order valence-corrected chi connectivity index (χ1v) is 10.7. The highest BCUT2D eigenvalue weighted by Crippen LogP contribution is 2.35. The van der Waals surface area contributed by atoms with E-state index in [0.29, 0.717) is 6.54 Å². The van der Waals surface area contributed by atoms with Crippen molar-refractivity contribution in [3.05, 3.63) is 72.8 Å². The van der Waals surface area contributed by atoms with Crippen LogP contribution in [0.4, 0.5) is 5.69 Å². The Morgan fingerprint density at radius 1 is 0.767 bits per heavy atom. The Labute approximate surface area is 177 Å². The van der Waals surface area contributed by atoms with E-state index in [4.69, 9.17) is 0 Å². The number of aromatic nitrogens is 1. The minimum absolute atomic E-state index is 0.123. The van der Waals surface area contributed by atoms with Crippen molar-refractivity contribution in [2.24, 2.45) is 0 Å². The van der Waals surface area contributed by atoms with Crippen LogP contribution in [0.1, 0.15) is 0 Å². The maximum Gasteiger partial charge on any atom is 0.213 e. The standard InChI is InChI=1S/C26H28N3O/c1-27-14-16-28(17-15-27)21-12-10-20(11-13-21)26-22-6-2-4-8-24(22)29(18-19-30)25-9-5-3-7-23(25)26/h2-13,30H,14-19H2,1H3/q+1. The van der Waals surface area contributed by atoms with Crippen LogP contribution in [-0.2, 0) is 6.54 Å². The van der Waals surface area contributed by atoms with Gasteiger partial charge in [-0.2, -0.15) is 4.57 Å². The second-order valence-corrected chi connectivity index (χ2v) is 8.12. The van der Waals surface area contributed by atoms with Crippen molar-refractivity contribution in [1.29, 1.82) is 0 Å². The molecule has 2 heterocycles. The number of para-hydroxylation sites is 2. The molecule has 4 heteroatoms. The topological polar surface area (TPSA) is 30.6 Å². The molecular weight excluding hydrogens is 370 g/mol. The third kappa shape index (κ3) is 3.32. The molecule has 4 aromatic rings. The van der Waals surface area contributed by atoms with E-state index in [1.165, 1.54) is 27.6 Å². The van der Waals surface area contributed by atoms with Crippen molar-refractivity contribution in [3.8, 4) is 11.1 Å². The maximum absolute atomic E-state index is 9.67. The van der Waals surface area contributed by atoms with Crippen molar-refractivity contribution < 1.29 is 9.67 Å². The van der Waals surface area contributed by atoms with Crippen LogP contribution in [0.15, 0.2) is 72.8 Å². The molecular formula is C26H28N3O+. The number of anilines is 1. The zero-order chi connectivity index (χ0) is 20.5. The van der Waals surface area contributed by atoms with Crippen LogP contribution in [-0.4, -0.2) is 49.8 Å². The van der Waals surface area contributed by atoms with Gasteiger partial charge in [0.2, 0.25) is 11.0 Å². The Bertz CT molecular complexity index is 1120. The average Bonchev–Trinajstić information content (AvgIpc) is 2.80. The Hall–Kier alpha value is -2.95. The van der Waals surface area contributed by atoms with Crippen LogP contribution in [0.3, 0.4) is 0 Å². The van der Waals surface area contributed by atoms with E-state index < -0.39 is 0 Å². The monoisotopic (exact) mass is 398 g/mol. The summed E-state index contributed by atoms with van der Waals surface area (Å²) in [6.07, 6.45) is 0. The summed E-state index contributed by atoms with van der Waals surface area (Å²) in [4.78, 5) is 4.86. The summed E-state index contributed by atoms with van der Waals surface area (Å²) in [5.74, 6) is 0. The number of hydrogen-bond acceptors (Lipinski definition) is 3. The van der Waals surface area contributed by atoms with Gasteiger partial charge in [0.15, 0.2) is 6.54 Å². The average molecular weight is 399 g/mol. The molecule has 0 spiro atoms. The van der Waals surface area contributed by atoms with Crippen LogP contribution in [0.25, 0.3) is 32.9 Å². The molecule has 0 amide bonds. The quantitative estimate of drug-likeness (QED) is 0.420. The second kappa shape index (κ2) is 8.05.